The molecule has 21 heavy (non-hydrogen) atoms. The highest BCUT2D eigenvalue weighted by atomic mass is 35.5. The fraction of sp³-hybridized carbons (Fsp3) is 0.467. The van der Waals surface area contributed by atoms with Gasteiger partial charge in [0.25, 0.3) is 0 Å². The zero-order valence-electron chi connectivity index (χ0n) is 10.9. The van der Waals surface area contributed by atoms with Gasteiger partial charge in [0.15, 0.2) is 0 Å². The smallest absolute Gasteiger partial charge is 0.310 e. The number of hydrogen-bond acceptors (Lipinski definition) is 4. The second-order valence-corrected chi connectivity index (χ2v) is 7.58. The Bertz CT molecular complexity index is 617. The number of carboxylic acid groups (broad SMARTS) is 1. The molecule has 1 aromatic carbocycles. The minimum Gasteiger partial charge on any atom is -0.481 e. The van der Waals surface area contributed by atoms with Crippen LogP contribution in [0.25, 0.3) is 0 Å². The molecule has 2 aliphatic carbocycles. The summed E-state index contributed by atoms with van der Waals surface area (Å²) in [6, 6.07) is 7.47. The van der Waals surface area contributed by atoms with Gasteiger partial charge in [-0.1, -0.05) is 11.6 Å². The Balaban J connectivity index is 1.63. The third-order valence-electron chi connectivity index (χ3n) is 4.92. The Kier molecular flexibility index (Phi) is 2.98. The van der Waals surface area contributed by atoms with E-state index in [2.05, 4.69) is 0 Å². The van der Waals surface area contributed by atoms with Crippen LogP contribution in [0.1, 0.15) is 6.42 Å². The Morgan fingerprint density at radius 3 is 2.67 bits per heavy atom. The third kappa shape index (κ3) is 1.90. The molecule has 0 unspecified atom stereocenters. The fourth-order valence-electron chi connectivity index (χ4n) is 4.15. The lowest BCUT2D eigenvalue weighted by Gasteiger charge is -2.29. The van der Waals surface area contributed by atoms with Crippen LogP contribution < -0.4 is 0 Å². The summed E-state index contributed by atoms with van der Waals surface area (Å²) in [7, 11) is 0. The molecule has 4 nitrogen and oxygen atoms in total. The van der Waals surface area contributed by atoms with Crippen LogP contribution in [0.5, 0.6) is 0 Å². The van der Waals surface area contributed by atoms with Gasteiger partial charge in [0.1, 0.15) is 6.10 Å². The summed E-state index contributed by atoms with van der Waals surface area (Å²) >= 11 is 7.49. The molecule has 0 spiro atoms. The fourth-order valence-corrected chi connectivity index (χ4v) is 5.73. The summed E-state index contributed by atoms with van der Waals surface area (Å²) in [4.78, 5) is 24.5. The van der Waals surface area contributed by atoms with Gasteiger partial charge in [0, 0.05) is 15.8 Å². The van der Waals surface area contributed by atoms with Crippen molar-refractivity contribution in [3.05, 3.63) is 29.3 Å². The van der Waals surface area contributed by atoms with E-state index in [4.69, 9.17) is 16.3 Å². The van der Waals surface area contributed by atoms with Crippen molar-refractivity contribution in [1.29, 1.82) is 0 Å². The molecular weight excluding hydrogens is 312 g/mol. The zero-order chi connectivity index (χ0) is 14.7. The molecule has 2 bridgehead atoms. The third-order valence-corrected chi connectivity index (χ3v) is 6.60. The molecule has 4 rings (SSSR count). The van der Waals surface area contributed by atoms with Gasteiger partial charge in [-0.05, 0) is 36.6 Å². The summed E-state index contributed by atoms with van der Waals surface area (Å²) < 4.78 is 5.48. The van der Waals surface area contributed by atoms with E-state index in [1.54, 1.807) is 11.8 Å². The molecule has 1 aromatic rings. The first-order valence-electron chi connectivity index (χ1n) is 6.92. The van der Waals surface area contributed by atoms with Crippen LogP contribution in [-0.4, -0.2) is 28.4 Å². The van der Waals surface area contributed by atoms with Crippen LogP contribution in [0.3, 0.4) is 0 Å². The van der Waals surface area contributed by atoms with Gasteiger partial charge < -0.3 is 9.84 Å². The van der Waals surface area contributed by atoms with Gasteiger partial charge in [-0.15, -0.1) is 11.8 Å². The summed E-state index contributed by atoms with van der Waals surface area (Å²) in [5.74, 6) is -2.13. The van der Waals surface area contributed by atoms with Crippen LogP contribution >= 0.6 is 23.4 Å². The van der Waals surface area contributed by atoms with Crippen LogP contribution in [0.15, 0.2) is 29.2 Å². The second kappa shape index (κ2) is 4.65. The highest BCUT2D eigenvalue weighted by Gasteiger charge is 2.68. The number of aliphatic carboxylic acids is 1. The summed E-state index contributed by atoms with van der Waals surface area (Å²) in [5, 5.41) is 10.2. The van der Waals surface area contributed by atoms with Crippen LogP contribution in [0, 0.1) is 23.7 Å². The lowest BCUT2D eigenvalue weighted by molar-refractivity contribution is -0.151. The summed E-state index contributed by atoms with van der Waals surface area (Å²) in [5.41, 5.74) is 0. The molecule has 6 heteroatoms. The molecular formula is C15H13ClO4S. The number of carboxylic acids is 1. The molecule has 0 radical (unpaired) electrons. The Morgan fingerprint density at radius 1 is 1.29 bits per heavy atom. The molecule has 2 saturated carbocycles. The molecule has 3 aliphatic rings. The molecule has 0 aromatic heterocycles. The number of ether oxygens (including phenoxy) is 1. The van der Waals surface area contributed by atoms with Gasteiger partial charge >= 0.3 is 11.9 Å². The van der Waals surface area contributed by atoms with Crippen molar-refractivity contribution in [1.82, 2.24) is 0 Å². The quantitative estimate of drug-likeness (QED) is 0.866. The normalized spacial score (nSPS) is 39.6. The lowest BCUT2D eigenvalue weighted by atomic mass is 9.80. The van der Waals surface area contributed by atoms with Crippen molar-refractivity contribution in [3.8, 4) is 0 Å². The highest BCUT2D eigenvalue weighted by molar-refractivity contribution is 8.00. The number of halogens is 1. The maximum atomic E-state index is 11.9. The van der Waals surface area contributed by atoms with E-state index in [-0.39, 0.29) is 29.2 Å². The lowest BCUT2D eigenvalue weighted by Crippen LogP contribution is -2.39. The molecule has 110 valence electrons. The molecule has 3 fully saturated rings. The van der Waals surface area contributed by atoms with E-state index in [0.29, 0.717) is 5.02 Å². The van der Waals surface area contributed by atoms with E-state index in [1.165, 1.54) is 0 Å². The van der Waals surface area contributed by atoms with Gasteiger partial charge in [0.05, 0.1) is 17.1 Å². The Labute approximate surface area is 130 Å². The van der Waals surface area contributed by atoms with Crippen LogP contribution in [-0.2, 0) is 14.3 Å². The van der Waals surface area contributed by atoms with E-state index in [1.807, 2.05) is 24.3 Å². The van der Waals surface area contributed by atoms with E-state index in [9.17, 15) is 14.7 Å². The zero-order valence-corrected chi connectivity index (χ0v) is 12.5. The first-order chi connectivity index (χ1) is 10.1. The van der Waals surface area contributed by atoms with Crippen molar-refractivity contribution in [2.24, 2.45) is 23.7 Å². The minimum absolute atomic E-state index is 0.00891. The summed E-state index contributed by atoms with van der Waals surface area (Å²) in [6.45, 7) is 0. The first kappa shape index (κ1) is 13.5. The second-order valence-electron chi connectivity index (χ2n) is 5.89. The monoisotopic (exact) mass is 324 g/mol. The van der Waals surface area contributed by atoms with Gasteiger partial charge in [-0.25, -0.2) is 0 Å². The van der Waals surface area contributed by atoms with Crippen LogP contribution in [0.2, 0.25) is 5.02 Å². The number of thioether (sulfide) groups is 1. The van der Waals surface area contributed by atoms with Crippen LogP contribution in [0.4, 0.5) is 0 Å². The number of esters is 1. The maximum Gasteiger partial charge on any atom is 0.310 e. The molecule has 1 saturated heterocycles. The number of carbonyl (C=O) groups is 2. The molecule has 0 amide bonds. The largest absolute Gasteiger partial charge is 0.481 e. The standard InChI is InChI=1S/C15H13ClO4S/c16-6-1-3-7(4-2-6)21-13-9-5-8-11(10(9)14(17)18)15(19)20-12(8)13/h1-4,8-13H,5H2,(H,17,18)/t8-,9+,10+,11-,12+,13+/m0/s1. The SMILES string of the molecule is O=C(O)[C@@H]1[C@H]2C[C@@H]3[C@@H](OC(=O)[C@@H]31)[C@@H]2Sc1ccc(Cl)cc1. The Hall–Kier alpha value is -1.20. The number of fused-ring (bicyclic) bond motifs is 1. The number of benzene rings is 1. The molecule has 1 N–H and O–H groups in total. The van der Waals surface area contributed by atoms with Crippen molar-refractivity contribution in [3.63, 3.8) is 0 Å². The van der Waals surface area contributed by atoms with Gasteiger partial charge in [-0.3, -0.25) is 9.59 Å². The van der Waals surface area contributed by atoms with E-state index < -0.39 is 17.8 Å². The highest BCUT2D eigenvalue weighted by Crippen LogP contribution is 2.61. The average molecular weight is 325 g/mol. The molecule has 1 heterocycles. The Morgan fingerprint density at radius 2 is 2.00 bits per heavy atom. The van der Waals surface area contributed by atoms with Crippen molar-refractivity contribution >= 4 is 35.3 Å². The van der Waals surface area contributed by atoms with Crippen molar-refractivity contribution in [2.75, 3.05) is 0 Å². The van der Waals surface area contributed by atoms with Crippen molar-refractivity contribution < 1.29 is 19.4 Å². The minimum atomic E-state index is -0.869. The molecule has 1 aliphatic heterocycles. The first-order valence-corrected chi connectivity index (χ1v) is 8.17. The average Bonchev–Trinajstić information content (AvgIpc) is 3.04. The topological polar surface area (TPSA) is 63.6 Å². The van der Waals surface area contributed by atoms with E-state index >= 15 is 0 Å². The number of hydrogen-bond donors (Lipinski definition) is 1. The molecule has 6 atom stereocenters. The number of carbonyl (C=O) groups excluding carboxylic acids is 1. The predicted molar refractivity (Wildman–Crippen MR) is 77.2 cm³/mol. The summed E-state index contributed by atoms with van der Waals surface area (Å²) in [6.07, 6.45) is 0.646. The predicted octanol–water partition coefficient (Wildman–Crippen LogP) is 2.69. The van der Waals surface area contributed by atoms with Gasteiger partial charge in [0.2, 0.25) is 0 Å². The maximum absolute atomic E-state index is 11.9. The van der Waals surface area contributed by atoms with Gasteiger partial charge in [-0.2, -0.15) is 0 Å². The number of rotatable bonds is 3. The van der Waals surface area contributed by atoms with Crippen molar-refractivity contribution in [2.45, 2.75) is 22.7 Å². The van der Waals surface area contributed by atoms with E-state index in [0.717, 1.165) is 11.3 Å².